The highest BCUT2D eigenvalue weighted by Crippen LogP contribution is 2.45. The number of hydrogen-bond acceptors (Lipinski definition) is 15. The number of carbonyl (C=O) groups excluding carboxylic acids is 4. The second-order valence-electron chi connectivity index (χ2n) is 31.8. The van der Waals surface area contributed by atoms with Gasteiger partial charge in [0.15, 0.2) is 12.2 Å². The van der Waals surface area contributed by atoms with E-state index in [1.165, 1.54) is 238 Å². The lowest BCUT2D eigenvalue weighted by Crippen LogP contribution is -2.30. The summed E-state index contributed by atoms with van der Waals surface area (Å²) in [5.41, 5.74) is 0. The van der Waals surface area contributed by atoms with Crippen molar-refractivity contribution >= 4 is 39.5 Å². The SMILES string of the molecule is CCC(C)CCCCCCCCCCCCCCCCC(=O)OC[C@H](COP(=O)(O)OCC(O)COP(=O)(O)OC[C@@H](COC(=O)CCCCCCCCCC(C)C)OC(=O)CCCCCCCCCCCCCCCCC(C)CC)OC(=O)CCCCCCCCCCCCCCCCC(C)CC. The predicted octanol–water partition coefficient (Wildman–Crippen LogP) is 25.6. The van der Waals surface area contributed by atoms with Gasteiger partial charge < -0.3 is 33.8 Å². The van der Waals surface area contributed by atoms with Crippen LogP contribution in [0.5, 0.6) is 0 Å². The summed E-state index contributed by atoms with van der Waals surface area (Å²) < 4.78 is 68.9. The first-order valence-corrected chi connectivity index (χ1v) is 46.8. The summed E-state index contributed by atoms with van der Waals surface area (Å²) in [5.74, 6) is 1.14. The Labute approximate surface area is 638 Å². The maximum Gasteiger partial charge on any atom is 0.472 e. The van der Waals surface area contributed by atoms with Crippen LogP contribution in [0, 0.1) is 23.7 Å². The molecule has 0 spiro atoms. The van der Waals surface area contributed by atoms with Gasteiger partial charge in [-0.3, -0.25) is 37.3 Å². The first-order chi connectivity index (χ1) is 50.2. The maximum atomic E-state index is 13.1. The predicted molar refractivity (Wildman–Crippen MR) is 428 cm³/mol. The lowest BCUT2D eigenvalue weighted by atomic mass is 9.99. The largest absolute Gasteiger partial charge is 0.472 e. The molecule has 6 unspecified atom stereocenters. The normalized spacial score (nSPS) is 14.7. The number of hydrogen-bond donors (Lipinski definition) is 3. The lowest BCUT2D eigenvalue weighted by molar-refractivity contribution is -0.161. The van der Waals surface area contributed by atoms with Crippen LogP contribution < -0.4 is 0 Å². The number of carbonyl (C=O) groups is 4. The molecule has 17 nitrogen and oxygen atoms in total. The van der Waals surface area contributed by atoms with Crippen molar-refractivity contribution in [1.29, 1.82) is 0 Å². The molecule has 0 aromatic carbocycles. The Kier molecular flexibility index (Phi) is 72.5. The van der Waals surface area contributed by atoms with E-state index in [4.69, 9.17) is 37.0 Å². The number of aliphatic hydroxyl groups excluding tert-OH is 1. The van der Waals surface area contributed by atoms with Crippen molar-refractivity contribution in [2.24, 2.45) is 23.7 Å². The highest BCUT2D eigenvalue weighted by atomic mass is 31.2. The Morgan fingerprint density at radius 3 is 0.683 bits per heavy atom. The average Bonchev–Trinajstić information content (AvgIpc) is 0.905. The second kappa shape index (κ2) is 73.8. The van der Waals surface area contributed by atoms with Crippen LogP contribution in [-0.2, 0) is 65.4 Å². The van der Waals surface area contributed by atoms with Gasteiger partial charge in [-0.25, -0.2) is 9.13 Å². The van der Waals surface area contributed by atoms with Crippen LogP contribution in [-0.4, -0.2) is 96.7 Å². The fraction of sp³-hybridized carbons (Fsp3) is 0.953. The molecule has 618 valence electrons. The zero-order valence-electron chi connectivity index (χ0n) is 68.7. The molecule has 0 aromatic heterocycles. The minimum atomic E-state index is -4.97. The lowest BCUT2D eigenvalue weighted by Gasteiger charge is -2.21. The highest BCUT2D eigenvalue weighted by molar-refractivity contribution is 7.47. The van der Waals surface area contributed by atoms with Crippen molar-refractivity contribution in [3.8, 4) is 0 Å². The van der Waals surface area contributed by atoms with E-state index in [2.05, 4.69) is 55.4 Å². The summed E-state index contributed by atoms with van der Waals surface area (Å²) in [5, 5.41) is 10.7. The van der Waals surface area contributed by atoms with E-state index in [-0.39, 0.29) is 25.7 Å². The van der Waals surface area contributed by atoms with Crippen molar-refractivity contribution in [3.63, 3.8) is 0 Å². The van der Waals surface area contributed by atoms with E-state index >= 15 is 0 Å². The molecular weight excluding hydrogens is 1350 g/mol. The van der Waals surface area contributed by atoms with Crippen molar-refractivity contribution < 1.29 is 80.2 Å². The molecule has 0 fully saturated rings. The smallest absolute Gasteiger partial charge is 0.462 e. The van der Waals surface area contributed by atoms with Crippen molar-refractivity contribution in [1.82, 2.24) is 0 Å². The maximum absolute atomic E-state index is 13.1. The van der Waals surface area contributed by atoms with E-state index in [9.17, 15) is 43.2 Å². The van der Waals surface area contributed by atoms with Crippen LogP contribution >= 0.6 is 15.6 Å². The summed E-state index contributed by atoms with van der Waals surface area (Å²) in [6, 6.07) is 0. The fourth-order valence-electron chi connectivity index (χ4n) is 13.0. The number of phosphoric acid groups is 2. The Balaban J connectivity index is 5.25. The van der Waals surface area contributed by atoms with Gasteiger partial charge in [-0.05, 0) is 49.4 Å². The standard InChI is InChI=1S/C85H166O17P2/c1-9-76(6)62-54-46-38-30-24-18-12-15-21-27-33-41-49-57-65-82(87)95-71-80(101-84(89)67-59-51-42-34-28-22-16-13-19-25-31-39-47-55-63-77(7)10-2)73-99-103(91,92)97-69-79(86)70-98-104(93,94)100-74-81(72-96-83(88)66-58-50-44-36-37-45-53-61-75(4)5)102-85(90)68-60-52-43-35-29-23-17-14-20-26-32-40-48-56-64-78(8)11-3/h75-81,86H,9-74H2,1-8H3,(H,91,92)(H,93,94)/t76?,77?,78?,79?,80-,81-/m1/s1. The van der Waals surface area contributed by atoms with Crippen LogP contribution in [0.1, 0.15) is 441 Å². The molecule has 19 heteroatoms. The van der Waals surface area contributed by atoms with E-state index in [0.29, 0.717) is 31.6 Å². The summed E-state index contributed by atoms with van der Waals surface area (Å²) in [4.78, 5) is 73.2. The fourth-order valence-corrected chi connectivity index (χ4v) is 14.6. The molecule has 0 rings (SSSR count). The molecule has 0 saturated heterocycles. The molecular formula is C85H166O17P2. The van der Waals surface area contributed by atoms with Crippen LogP contribution in [0.3, 0.4) is 0 Å². The third-order valence-corrected chi connectivity index (χ3v) is 22.8. The third-order valence-electron chi connectivity index (χ3n) is 20.9. The molecule has 8 atom stereocenters. The van der Waals surface area contributed by atoms with Gasteiger partial charge in [0.05, 0.1) is 26.4 Å². The van der Waals surface area contributed by atoms with E-state index in [1.807, 2.05) is 0 Å². The van der Waals surface area contributed by atoms with Crippen LogP contribution in [0.4, 0.5) is 0 Å². The Hall–Kier alpha value is -1.94. The van der Waals surface area contributed by atoms with Gasteiger partial charge in [-0.2, -0.15) is 0 Å². The van der Waals surface area contributed by atoms with Crippen LogP contribution in [0.2, 0.25) is 0 Å². The zero-order chi connectivity index (χ0) is 76.7. The molecule has 0 heterocycles. The highest BCUT2D eigenvalue weighted by Gasteiger charge is 2.31. The molecule has 104 heavy (non-hydrogen) atoms. The van der Waals surface area contributed by atoms with Gasteiger partial charge in [-0.1, -0.05) is 389 Å². The van der Waals surface area contributed by atoms with E-state index < -0.39 is 97.5 Å². The van der Waals surface area contributed by atoms with Crippen LogP contribution in [0.15, 0.2) is 0 Å². The number of esters is 4. The molecule has 0 aliphatic carbocycles. The number of aliphatic hydroxyl groups is 1. The van der Waals surface area contributed by atoms with E-state index in [0.717, 1.165) is 114 Å². The first kappa shape index (κ1) is 102. The second-order valence-corrected chi connectivity index (χ2v) is 34.7. The van der Waals surface area contributed by atoms with Crippen molar-refractivity contribution in [2.45, 2.75) is 459 Å². The molecule has 0 aromatic rings. The Morgan fingerprint density at radius 2 is 0.462 bits per heavy atom. The van der Waals surface area contributed by atoms with Gasteiger partial charge in [0.2, 0.25) is 0 Å². The Morgan fingerprint density at radius 1 is 0.269 bits per heavy atom. The van der Waals surface area contributed by atoms with Crippen LogP contribution in [0.25, 0.3) is 0 Å². The van der Waals surface area contributed by atoms with Gasteiger partial charge >= 0.3 is 39.5 Å². The minimum Gasteiger partial charge on any atom is -0.462 e. The molecule has 0 amide bonds. The Bertz CT molecular complexity index is 2030. The molecule has 0 saturated carbocycles. The monoisotopic (exact) mass is 1520 g/mol. The molecule has 0 aliphatic rings. The summed E-state index contributed by atoms with van der Waals surface area (Å²) >= 11 is 0. The minimum absolute atomic E-state index is 0.107. The zero-order valence-corrected chi connectivity index (χ0v) is 70.5. The molecule has 3 N–H and O–H groups in total. The van der Waals surface area contributed by atoms with Crippen molar-refractivity contribution in [2.75, 3.05) is 39.6 Å². The number of rotatable bonds is 82. The quantitative estimate of drug-likeness (QED) is 0.0222. The average molecular weight is 1520 g/mol. The summed E-state index contributed by atoms with van der Waals surface area (Å²) in [6.45, 7) is 14.4. The summed E-state index contributed by atoms with van der Waals surface area (Å²) in [7, 11) is -9.93. The number of unbranched alkanes of at least 4 members (excludes halogenated alkanes) is 45. The number of ether oxygens (including phenoxy) is 4. The third kappa shape index (κ3) is 74.2. The van der Waals surface area contributed by atoms with Gasteiger partial charge in [-0.15, -0.1) is 0 Å². The molecule has 0 radical (unpaired) electrons. The first-order valence-electron chi connectivity index (χ1n) is 43.8. The van der Waals surface area contributed by atoms with E-state index in [1.54, 1.807) is 0 Å². The number of phosphoric ester groups is 2. The molecule has 0 aliphatic heterocycles. The topological polar surface area (TPSA) is 237 Å². The van der Waals surface area contributed by atoms with Gasteiger partial charge in [0.1, 0.15) is 19.3 Å². The van der Waals surface area contributed by atoms with Gasteiger partial charge in [0, 0.05) is 25.7 Å². The summed E-state index contributed by atoms with van der Waals surface area (Å²) in [6.07, 6.45) is 62.3. The molecule has 0 bridgehead atoms. The van der Waals surface area contributed by atoms with Gasteiger partial charge in [0.25, 0.3) is 0 Å². The van der Waals surface area contributed by atoms with Crippen molar-refractivity contribution in [3.05, 3.63) is 0 Å².